The van der Waals surface area contributed by atoms with Crippen LogP contribution in [0.15, 0.2) is 12.1 Å². The first-order chi connectivity index (χ1) is 11.0. The molecule has 0 unspecified atom stereocenters. The van der Waals surface area contributed by atoms with Crippen LogP contribution in [0.25, 0.3) is 0 Å². The van der Waals surface area contributed by atoms with Crippen LogP contribution in [-0.4, -0.2) is 45.4 Å². The molecule has 1 aliphatic heterocycles. The predicted octanol–water partition coefficient (Wildman–Crippen LogP) is 3.54. The van der Waals surface area contributed by atoms with Crippen molar-refractivity contribution >= 4 is 0 Å². The molecule has 3 aliphatic rings. The fraction of sp³-hybridized carbons (Fsp3) is 0.700. The Morgan fingerprint density at radius 1 is 1.09 bits per heavy atom. The van der Waals surface area contributed by atoms with Gasteiger partial charge in [0.1, 0.15) is 0 Å². The van der Waals surface area contributed by atoms with E-state index in [0.29, 0.717) is 5.41 Å². The molecule has 0 N–H and O–H groups in total. The van der Waals surface area contributed by atoms with Crippen LogP contribution in [0.3, 0.4) is 0 Å². The van der Waals surface area contributed by atoms with Crippen LogP contribution in [0, 0.1) is 5.92 Å². The van der Waals surface area contributed by atoms with Crippen molar-refractivity contribution in [2.24, 2.45) is 5.92 Å². The Morgan fingerprint density at radius 2 is 1.91 bits per heavy atom. The van der Waals surface area contributed by atoms with E-state index < -0.39 is 0 Å². The molecule has 4 rings (SSSR count). The van der Waals surface area contributed by atoms with Gasteiger partial charge >= 0.3 is 0 Å². The van der Waals surface area contributed by atoms with Gasteiger partial charge in [-0.15, -0.1) is 0 Å². The van der Waals surface area contributed by atoms with Gasteiger partial charge in [0.25, 0.3) is 0 Å². The number of likely N-dealkylation sites (tertiary alicyclic amines) is 1. The third kappa shape index (κ3) is 1.98. The number of piperidine rings is 1. The third-order valence-corrected chi connectivity index (χ3v) is 7.15. The Labute approximate surface area is 140 Å². The van der Waals surface area contributed by atoms with Crippen LogP contribution in [0.5, 0.6) is 11.5 Å². The molecule has 0 spiro atoms. The Kier molecular flexibility index (Phi) is 3.42. The maximum absolute atomic E-state index is 5.89. The molecule has 0 aromatic heterocycles. The molecule has 2 fully saturated rings. The molecule has 2 bridgehead atoms. The zero-order valence-corrected chi connectivity index (χ0v) is 15.0. The quantitative estimate of drug-likeness (QED) is 0.777. The van der Waals surface area contributed by atoms with Gasteiger partial charge in [0.15, 0.2) is 11.5 Å². The average Bonchev–Trinajstić information content (AvgIpc) is 2.57. The highest BCUT2D eigenvalue weighted by Gasteiger charge is 2.59. The monoisotopic (exact) mass is 316 g/mol. The van der Waals surface area contributed by atoms with Gasteiger partial charge in [0.2, 0.25) is 0 Å². The number of rotatable bonds is 2. The van der Waals surface area contributed by atoms with Crippen LogP contribution >= 0.6 is 0 Å². The molecule has 1 saturated carbocycles. The van der Waals surface area contributed by atoms with Crippen LogP contribution < -0.4 is 9.47 Å². The van der Waals surface area contributed by atoms with E-state index in [-0.39, 0.29) is 0 Å². The van der Waals surface area contributed by atoms with Crippen LogP contribution in [-0.2, 0) is 11.8 Å². The van der Waals surface area contributed by atoms with E-state index >= 15 is 0 Å². The summed E-state index contributed by atoms with van der Waals surface area (Å²) in [5, 5.41) is 0. The summed E-state index contributed by atoms with van der Waals surface area (Å²) in [4.78, 5) is 0. The second-order valence-corrected chi connectivity index (χ2v) is 8.37. The minimum Gasteiger partial charge on any atom is -0.493 e. The van der Waals surface area contributed by atoms with Gasteiger partial charge in [-0.05, 0) is 24.5 Å². The average molecular weight is 316 g/mol. The molecule has 1 heterocycles. The second kappa shape index (κ2) is 5.14. The summed E-state index contributed by atoms with van der Waals surface area (Å²) in [6, 6.07) is 5.17. The molecule has 1 aromatic rings. The summed E-state index contributed by atoms with van der Waals surface area (Å²) >= 11 is 0. The smallest absolute Gasteiger partial charge is 0.164 e. The Hall–Kier alpha value is -1.22. The van der Waals surface area contributed by atoms with Crippen molar-refractivity contribution in [3.8, 4) is 11.5 Å². The van der Waals surface area contributed by atoms with Crippen LogP contribution in [0.1, 0.15) is 43.2 Å². The third-order valence-electron chi connectivity index (χ3n) is 7.15. The molecular formula is C20H30NO2+. The summed E-state index contributed by atoms with van der Waals surface area (Å²) in [6.07, 6.45) is 7.94. The Balaban J connectivity index is 1.95. The minimum absolute atomic E-state index is 0.324. The molecule has 0 radical (unpaired) electrons. The number of ether oxygens (including phenoxy) is 2. The lowest BCUT2D eigenvalue weighted by molar-refractivity contribution is -0.927. The van der Waals surface area contributed by atoms with Crippen molar-refractivity contribution in [2.45, 2.75) is 50.0 Å². The number of benzene rings is 1. The van der Waals surface area contributed by atoms with E-state index in [1.807, 2.05) is 7.11 Å². The number of hydrogen-bond acceptors (Lipinski definition) is 2. The highest BCUT2D eigenvalue weighted by atomic mass is 16.5. The lowest BCUT2D eigenvalue weighted by Gasteiger charge is -2.60. The van der Waals surface area contributed by atoms with Gasteiger partial charge in [-0.3, -0.25) is 0 Å². The molecule has 2 aliphatic carbocycles. The van der Waals surface area contributed by atoms with Gasteiger partial charge < -0.3 is 14.0 Å². The van der Waals surface area contributed by atoms with Gasteiger partial charge in [-0.2, -0.15) is 0 Å². The van der Waals surface area contributed by atoms with E-state index in [4.69, 9.17) is 9.47 Å². The Bertz CT molecular complexity index is 624. The zero-order valence-electron chi connectivity index (χ0n) is 15.0. The number of nitrogens with zero attached hydrogens (tertiary/aromatic N) is 1. The summed E-state index contributed by atoms with van der Waals surface area (Å²) in [5.74, 6) is 2.72. The lowest BCUT2D eigenvalue weighted by Crippen LogP contribution is -2.66. The molecule has 23 heavy (non-hydrogen) atoms. The largest absolute Gasteiger partial charge is 0.493 e. The maximum atomic E-state index is 5.89. The van der Waals surface area contributed by atoms with Crippen LogP contribution in [0.4, 0.5) is 0 Å². The number of likely N-dealkylation sites (N-methyl/N-ethyl adjacent to an activating group) is 1. The first-order valence-electron chi connectivity index (χ1n) is 9.10. The molecule has 3 heteroatoms. The predicted molar refractivity (Wildman–Crippen MR) is 92.3 cm³/mol. The second-order valence-electron chi connectivity index (χ2n) is 8.37. The maximum Gasteiger partial charge on any atom is 0.164 e. The molecule has 0 amide bonds. The van der Waals surface area contributed by atoms with Crippen molar-refractivity contribution in [1.82, 2.24) is 0 Å². The molecule has 1 saturated heterocycles. The summed E-state index contributed by atoms with van der Waals surface area (Å²) in [7, 11) is 8.44. The molecule has 126 valence electrons. The van der Waals surface area contributed by atoms with Crippen molar-refractivity contribution in [3.63, 3.8) is 0 Å². The normalized spacial score (nSPS) is 34.3. The van der Waals surface area contributed by atoms with Crippen molar-refractivity contribution < 1.29 is 14.0 Å². The number of hydrogen-bond donors (Lipinski definition) is 0. The fourth-order valence-electron chi connectivity index (χ4n) is 6.01. The van der Waals surface area contributed by atoms with Crippen molar-refractivity contribution in [3.05, 3.63) is 23.3 Å². The molecule has 3 nitrogen and oxygen atoms in total. The SMILES string of the molecule is COc1ccc2c(c1OC)[C@]13CCCC[C@@H]1[C@H](C2)[N+](C)(C)CC3. The topological polar surface area (TPSA) is 18.5 Å². The van der Waals surface area contributed by atoms with Gasteiger partial charge in [0.05, 0.1) is 40.9 Å². The summed E-state index contributed by atoms with van der Waals surface area (Å²) in [5.41, 5.74) is 3.33. The lowest BCUT2D eigenvalue weighted by atomic mass is 9.51. The first kappa shape index (κ1) is 15.3. The summed E-state index contributed by atoms with van der Waals surface area (Å²) in [6.45, 7) is 1.28. The molecule has 1 aromatic carbocycles. The number of methoxy groups -OCH3 is 2. The highest BCUT2D eigenvalue weighted by molar-refractivity contribution is 5.57. The first-order valence-corrected chi connectivity index (χ1v) is 9.10. The van der Waals surface area contributed by atoms with Gasteiger partial charge in [0, 0.05) is 29.7 Å². The van der Waals surface area contributed by atoms with E-state index in [1.54, 1.807) is 7.11 Å². The fourth-order valence-corrected chi connectivity index (χ4v) is 6.01. The van der Waals surface area contributed by atoms with Crippen LogP contribution in [0.2, 0.25) is 0 Å². The van der Waals surface area contributed by atoms with Crippen molar-refractivity contribution in [1.29, 1.82) is 0 Å². The van der Waals surface area contributed by atoms with E-state index in [1.165, 1.54) is 60.7 Å². The highest BCUT2D eigenvalue weighted by Crippen LogP contribution is 2.60. The van der Waals surface area contributed by atoms with E-state index in [9.17, 15) is 0 Å². The molecule has 3 atom stereocenters. The summed E-state index contributed by atoms with van der Waals surface area (Å²) < 4.78 is 12.7. The number of quaternary nitrogens is 1. The van der Waals surface area contributed by atoms with Gasteiger partial charge in [-0.25, -0.2) is 0 Å². The standard InChI is InChI=1S/C20H30NO2/c1-21(2)12-11-20-10-6-5-7-15(20)16(21)13-14-8-9-17(22-3)19(23-4)18(14)20/h8-9,15-16H,5-7,10-13H2,1-4H3/q+1/t15-,16+,20+/m1/s1. The van der Waals surface area contributed by atoms with Crippen molar-refractivity contribution in [2.75, 3.05) is 34.9 Å². The van der Waals surface area contributed by atoms with E-state index in [2.05, 4.69) is 26.2 Å². The number of fused-ring (bicyclic) bond motifs is 1. The minimum atomic E-state index is 0.324. The Morgan fingerprint density at radius 3 is 2.65 bits per heavy atom. The van der Waals surface area contributed by atoms with E-state index in [0.717, 1.165) is 23.5 Å². The zero-order chi connectivity index (χ0) is 16.2. The van der Waals surface area contributed by atoms with Gasteiger partial charge in [-0.1, -0.05) is 18.9 Å². The molecular weight excluding hydrogens is 286 g/mol.